The van der Waals surface area contributed by atoms with Gasteiger partial charge >= 0.3 is 23.9 Å². The lowest BCUT2D eigenvalue weighted by molar-refractivity contribution is -0.149. The van der Waals surface area contributed by atoms with Crippen molar-refractivity contribution in [3.05, 3.63) is 260 Å². The van der Waals surface area contributed by atoms with Gasteiger partial charge in [-0.15, -0.1) is 0 Å². The number of carbonyl (C=O) groups is 4. The van der Waals surface area contributed by atoms with Gasteiger partial charge in [-0.25, -0.2) is 15.3 Å². The molecule has 129 heavy (non-hydrogen) atoms. The van der Waals surface area contributed by atoms with Crippen molar-refractivity contribution in [2.24, 2.45) is 17.3 Å². The minimum Gasteiger partial charge on any atom is -0.482 e. The molecule has 0 saturated carbocycles. The smallest absolute Gasteiger partial charge is 0.323 e. The summed E-state index contributed by atoms with van der Waals surface area (Å²) in [7, 11) is -3.10. The van der Waals surface area contributed by atoms with Gasteiger partial charge in [-0.2, -0.15) is 0 Å². The minimum atomic E-state index is -3.10. The lowest BCUT2D eigenvalue weighted by Gasteiger charge is -2.37. The molecule has 0 saturated heterocycles. The number of benzene rings is 10. The van der Waals surface area contributed by atoms with Crippen LogP contribution in [0.25, 0.3) is 32.3 Å². The molecule has 10 aromatic rings. The topological polar surface area (TPSA) is 214 Å². The van der Waals surface area contributed by atoms with Crippen LogP contribution < -0.4 is 37.9 Å². The lowest BCUT2D eigenvalue weighted by Crippen LogP contribution is -2.40. The molecule has 28 heteroatoms. The zero-order valence-corrected chi connectivity index (χ0v) is 88.0. The van der Waals surface area contributed by atoms with Crippen molar-refractivity contribution < 1.29 is 70.0 Å². The summed E-state index contributed by atoms with van der Waals surface area (Å²) in [5, 5.41) is 15.0. The number of thiocarbonyl (C=S) groups is 1. The maximum Gasteiger partial charge on any atom is 0.323 e. The molecule has 0 aromatic heterocycles. The van der Waals surface area contributed by atoms with Crippen molar-refractivity contribution >= 4 is 154 Å². The highest BCUT2D eigenvalue weighted by Crippen LogP contribution is 2.63. The zero-order valence-electron chi connectivity index (χ0n) is 79.5. The van der Waals surface area contributed by atoms with E-state index in [4.69, 9.17) is 106 Å². The highest BCUT2D eigenvalue weighted by atomic mass is 32.5. The molecule has 700 valence electrons. The largest absolute Gasteiger partial charge is 0.482 e. The Kier molecular flexibility index (Phi) is 42.7. The predicted molar refractivity (Wildman–Crippen MR) is 556 cm³/mol. The Morgan fingerprint density at radius 1 is 0.341 bits per heavy atom. The summed E-state index contributed by atoms with van der Waals surface area (Å²) < 4.78 is 72.3. The number of nitrogens with one attached hydrogen (secondary N) is 3. The van der Waals surface area contributed by atoms with Crippen molar-refractivity contribution in [3.63, 3.8) is 0 Å². The normalized spacial score (nSPS) is 15.2. The lowest BCUT2D eigenvalue weighted by atomic mass is 9.99. The molecule has 18 nitrogen and oxygen atoms in total. The van der Waals surface area contributed by atoms with Crippen LogP contribution >= 0.6 is 45.1 Å². The van der Waals surface area contributed by atoms with E-state index < -0.39 is 56.2 Å². The highest BCUT2D eigenvalue weighted by molar-refractivity contribution is 8.13. The van der Waals surface area contributed by atoms with Gasteiger partial charge in [0.15, 0.2) is 24.3 Å². The van der Waals surface area contributed by atoms with E-state index in [1.165, 1.54) is 0 Å². The molecule has 3 N–H and O–H groups in total. The number of esters is 4. The molecule has 0 heterocycles. The van der Waals surface area contributed by atoms with E-state index in [0.29, 0.717) is 61.1 Å². The van der Waals surface area contributed by atoms with E-state index in [9.17, 15) is 23.7 Å². The van der Waals surface area contributed by atoms with Crippen molar-refractivity contribution in [2.45, 2.75) is 224 Å². The van der Waals surface area contributed by atoms with Crippen LogP contribution in [0.3, 0.4) is 0 Å². The monoisotopic (exact) mass is 1950 g/mol. The summed E-state index contributed by atoms with van der Waals surface area (Å²) in [5.74, 6) is 1.91. The standard InChI is InChI=1S/2C25H29O3PS.C22H32NO3PS.C15H24NO3PS.C14H22NO3PS/c1-19(24(30)27-17-20-11-6-5-7-12-20)18-29(26,25(2,3)4)28-23-16-10-14-21-13-8-9-15-22(21)23;1-19(24(26)27-17-20-11-6-5-7-12-20)18-29(30,25(2,3)4)28-23-16-10-14-21-13-8-9-15-22(21)23;1-16(20(24)25-15-21(2,3)4)23-27(28,22(5,6)7)26-19-14-10-12-17-11-8-9-13-18(17)19;1-6-18-14(17)12(2)16-20(21,15(3,4)5)19-13-10-8-7-9-11-13;1-5-17-14(16)12(4)15-19(20,11(2)3)18-13-9-7-6-8-10-13/h2*5-16,19H,17-18H2,1-4H3;8-14,16H,15H2,1-7H3,(H,23,28);7-12H,6H2,1-5H3,(H,16,21);6-12H,5H2,1-4H3,(H,15,20)/t2*19-,29?;16-,27?;12-,20?;12-,19?/m10110/s1. The van der Waals surface area contributed by atoms with E-state index in [0.717, 1.165) is 54.9 Å². The average Bonchev–Trinajstić information content (AvgIpc) is 0.787. The Labute approximate surface area is 794 Å². The molecule has 0 aliphatic rings. The Morgan fingerprint density at radius 3 is 1.06 bits per heavy atom. The van der Waals surface area contributed by atoms with Crippen LogP contribution in [0, 0.1) is 17.3 Å². The van der Waals surface area contributed by atoms with Crippen LogP contribution in [0.2, 0.25) is 0 Å². The molecule has 0 fully saturated rings. The van der Waals surface area contributed by atoms with Gasteiger partial charge in [0.2, 0.25) is 0 Å². The maximum absolute atomic E-state index is 14.1. The number of carbonyl (C=O) groups excluding carboxylic acids is 4. The first-order chi connectivity index (χ1) is 60.3. The van der Waals surface area contributed by atoms with Crippen molar-refractivity contribution in [1.82, 2.24) is 15.3 Å². The molecular weight excluding hydrogens is 1810 g/mol. The fraction of sp³-hybridized carbons (Fsp3) is 0.416. The van der Waals surface area contributed by atoms with E-state index in [-0.39, 0.29) is 68.9 Å². The second-order valence-corrected chi connectivity index (χ2v) is 58.7. The summed E-state index contributed by atoms with van der Waals surface area (Å²) in [6.45, 7) is 48.8. The SMILES string of the molecule is CCOC(=O)[C@@H](C)NP(=S)(Oc1ccccc1)C(C)(C)C.CCOC(=O)[C@H](C)NP(=S)(Oc1ccccc1)C(C)C.C[C@@H](CP(=S)(Oc1cccc2ccccc12)C(C)(C)C)C(=O)OCc1ccccc1.C[C@@H](NP(=S)(Oc1cccc2ccccc12)C(C)(C)C)C(=O)OCC(C)(C)C.C[C@H](CP(=O)(Oc1cccc2ccccc12)C(C)(C)C)C(=S)OCc1ccccc1. The number of ether oxygens (including phenoxy) is 5. The van der Waals surface area contributed by atoms with Gasteiger partial charge in [0.25, 0.3) is 7.37 Å². The van der Waals surface area contributed by atoms with Crippen molar-refractivity contribution in [2.75, 3.05) is 32.1 Å². The van der Waals surface area contributed by atoms with Crippen LogP contribution in [0.5, 0.6) is 28.7 Å². The maximum atomic E-state index is 14.1. The summed E-state index contributed by atoms with van der Waals surface area (Å²) in [4.78, 5) is 48.7. The minimum absolute atomic E-state index is 0.0843. The van der Waals surface area contributed by atoms with Crippen molar-refractivity contribution in [3.8, 4) is 28.7 Å². The van der Waals surface area contributed by atoms with Crippen LogP contribution in [-0.4, -0.2) is 105 Å². The fourth-order valence-electron chi connectivity index (χ4n) is 11.9. The van der Waals surface area contributed by atoms with E-state index >= 15 is 0 Å². The Morgan fingerprint density at radius 2 is 0.682 bits per heavy atom. The molecule has 0 aliphatic carbocycles. The Bertz CT molecular complexity index is 5340. The number of para-hydroxylation sites is 2. The Balaban J connectivity index is 0.000000251. The van der Waals surface area contributed by atoms with E-state index in [2.05, 4.69) is 48.2 Å². The van der Waals surface area contributed by atoms with Crippen LogP contribution in [-0.2, 0) is 108 Å². The third kappa shape index (κ3) is 34.5. The molecule has 5 unspecified atom stereocenters. The predicted octanol–water partition coefficient (Wildman–Crippen LogP) is 27.2. The first-order valence-electron chi connectivity index (χ1n) is 43.5. The van der Waals surface area contributed by atoms with Gasteiger partial charge in [-0.3, -0.25) is 23.7 Å². The number of fused-ring (bicyclic) bond motifs is 3. The molecule has 10 aromatic carbocycles. The molecule has 0 spiro atoms. The quantitative estimate of drug-likeness (QED) is 0.0151. The summed E-state index contributed by atoms with van der Waals surface area (Å²) in [6, 6.07) is 78.9. The van der Waals surface area contributed by atoms with Gasteiger partial charge in [-0.05, 0) is 157 Å². The fourth-order valence-corrected chi connectivity index (χ4v) is 25.0. The molecular formula is C101H136N3O15P5S5. The second kappa shape index (κ2) is 50.0. The molecule has 10 rings (SSSR count). The molecule has 0 aliphatic heterocycles. The second-order valence-electron chi connectivity index (χ2n) is 36.9. The number of hydrogen-bond donors (Lipinski definition) is 3. The first-order valence-corrected chi connectivity index (χ1v) is 56.9. The van der Waals surface area contributed by atoms with Gasteiger partial charge in [0, 0.05) is 60.7 Å². The van der Waals surface area contributed by atoms with E-state index in [1.54, 1.807) is 34.6 Å². The van der Waals surface area contributed by atoms with Crippen LogP contribution in [0.1, 0.15) is 177 Å². The number of hydrogen-bond acceptors (Lipinski definition) is 20. The third-order valence-electron chi connectivity index (χ3n) is 20.1. The molecule has 0 bridgehead atoms. The van der Waals surface area contributed by atoms with Gasteiger partial charge in [-0.1, -0.05) is 350 Å². The number of rotatable bonds is 33. The van der Waals surface area contributed by atoms with Crippen LogP contribution in [0.4, 0.5) is 0 Å². The van der Waals surface area contributed by atoms with Gasteiger partial charge in [0.05, 0.1) is 25.7 Å². The van der Waals surface area contributed by atoms with E-state index in [1.807, 2.05) is 347 Å². The molecule has 0 amide bonds. The third-order valence-corrected chi connectivity index (χ3v) is 44.7. The summed E-state index contributed by atoms with van der Waals surface area (Å²) in [5.41, 5.74) is 2.05. The first kappa shape index (κ1) is 110. The Hall–Kier alpha value is -7.54. The van der Waals surface area contributed by atoms with Crippen LogP contribution in [0.15, 0.2) is 249 Å². The average molecular weight is 1950 g/mol. The van der Waals surface area contributed by atoms with Crippen molar-refractivity contribution in [1.29, 1.82) is 0 Å². The van der Waals surface area contributed by atoms with Gasteiger partial charge in [0.1, 0.15) is 66.4 Å². The summed E-state index contributed by atoms with van der Waals surface area (Å²) in [6.07, 6.45) is -9.05. The summed E-state index contributed by atoms with van der Waals surface area (Å²) >= 11 is 29.1. The highest BCUT2D eigenvalue weighted by Gasteiger charge is 2.44. The molecule has 10 atom stereocenters. The molecule has 0 radical (unpaired) electrons. The van der Waals surface area contributed by atoms with Gasteiger partial charge < -0.3 is 46.3 Å². The zero-order chi connectivity index (χ0) is 96.0.